The zero-order chi connectivity index (χ0) is 20.8. The predicted molar refractivity (Wildman–Crippen MR) is 126 cm³/mol. The Morgan fingerprint density at radius 2 is 1.97 bits per heavy atom. The second-order valence-corrected chi connectivity index (χ2v) is 9.36. The molecule has 0 spiro atoms. The number of hydrogen-bond acceptors (Lipinski definition) is 4. The van der Waals surface area contributed by atoms with Gasteiger partial charge in [-0.25, -0.2) is 0 Å². The first kappa shape index (κ1) is 21.1. The first-order chi connectivity index (χ1) is 14.8. The molecule has 0 saturated heterocycles. The van der Waals surface area contributed by atoms with Gasteiger partial charge < -0.3 is 10.1 Å². The molecule has 0 saturated carbocycles. The lowest BCUT2D eigenvalue weighted by Gasteiger charge is -2.26. The van der Waals surface area contributed by atoms with Gasteiger partial charge in [-0.3, -0.25) is 8.75 Å². The molecule has 4 nitrogen and oxygen atoms in total. The van der Waals surface area contributed by atoms with Crippen LogP contribution >= 0.6 is 11.5 Å². The third kappa shape index (κ3) is 4.96. The molecule has 1 N–H and O–H groups in total. The van der Waals surface area contributed by atoms with E-state index in [4.69, 9.17) is 4.74 Å². The number of benzene rings is 2. The summed E-state index contributed by atoms with van der Waals surface area (Å²) in [5.41, 5.74) is 3.07. The van der Waals surface area contributed by atoms with E-state index in [1.807, 2.05) is 28.2 Å². The average molecular weight is 425 g/mol. The number of fused-ring (bicyclic) bond motifs is 2. The van der Waals surface area contributed by atoms with Crippen molar-refractivity contribution in [1.29, 1.82) is 0 Å². The second-order valence-electron chi connectivity index (χ2n) is 8.30. The smallest absolute Gasteiger partial charge is 0.268 e. The number of unbranched alkanes of at least 4 members (excludes halogenated alkanes) is 1. The van der Waals surface area contributed by atoms with Gasteiger partial charge in [0.1, 0.15) is 5.75 Å². The Morgan fingerprint density at radius 1 is 1.10 bits per heavy atom. The standard InChI is InChI=1S/C25H32N2O2S/c1-29-23-11-6-9-20-14-13-19(18-22(20)23)8-7-16-26-15-4-5-17-27-25(28)21-10-2-3-12-24(21)30-27/h2-3,6,9-12,19,26H,4-5,7-8,13-18H2,1H3. The first-order valence-electron chi connectivity index (χ1n) is 11.2. The molecule has 0 bridgehead atoms. The highest BCUT2D eigenvalue weighted by Gasteiger charge is 2.21. The Morgan fingerprint density at radius 3 is 2.83 bits per heavy atom. The molecule has 1 heterocycles. The highest BCUT2D eigenvalue weighted by atomic mass is 32.1. The number of methoxy groups -OCH3 is 1. The fraction of sp³-hybridized carbons (Fsp3) is 0.480. The van der Waals surface area contributed by atoms with Gasteiger partial charge in [0.05, 0.1) is 17.2 Å². The molecular weight excluding hydrogens is 392 g/mol. The van der Waals surface area contributed by atoms with Crippen molar-refractivity contribution in [3.05, 3.63) is 63.9 Å². The van der Waals surface area contributed by atoms with Gasteiger partial charge in [-0.15, -0.1) is 0 Å². The van der Waals surface area contributed by atoms with E-state index in [9.17, 15) is 4.79 Å². The number of nitrogens with zero attached hydrogens (tertiary/aromatic N) is 1. The van der Waals surface area contributed by atoms with Gasteiger partial charge in [0, 0.05) is 6.54 Å². The van der Waals surface area contributed by atoms with Crippen LogP contribution in [0.4, 0.5) is 0 Å². The minimum Gasteiger partial charge on any atom is -0.496 e. The quantitative estimate of drug-likeness (QED) is 0.464. The molecule has 0 fully saturated rings. The van der Waals surface area contributed by atoms with Crippen LogP contribution in [-0.2, 0) is 19.4 Å². The molecule has 0 radical (unpaired) electrons. The van der Waals surface area contributed by atoms with Gasteiger partial charge in [-0.2, -0.15) is 0 Å². The van der Waals surface area contributed by atoms with Crippen molar-refractivity contribution >= 4 is 21.6 Å². The molecular formula is C25H32N2O2S. The normalized spacial score (nSPS) is 16.0. The molecule has 1 aromatic heterocycles. The molecule has 1 unspecified atom stereocenters. The maximum absolute atomic E-state index is 12.4. The Labute approximate surface area is 183 Å². The molecule has 30 heavy (non-hydrogen) atoms. The number of hydrogen-bond donors (Lipinski definition) is 1. The van der Waals surface area contributed by atoms with Crippen molar-refractivity contribution in [3.8, 4) is 5.75 Å². The lowest BCUT2D eigenvalue weighted by molar-refractivity contribution is 0.376. The highest BCUT2D eigenvalue weighted by Crippen LogP contribution is 2.33. The van der Waals surface area contributed by atoms with Gasteiger partial charge in [0.15, 0.2) is 0 Å². The molecule has 1 aliphatic carbocycles. The molecule has 0 aliphatic heterocycles. The fourth-order valence-corrected chi connectivity index (χ4v) is 5.61. The van der Waals surface area contributed by atoms with Crippen LogP contribution in [0.25, 0.3) is 10.1 Å². The molecule has 3 aromatic rings. The summed E-state index contributed by atoms with van der Waals surface area (Å²) in [6, 6.07) is 14.3. The van der Waals surface area contributed by atoms with Gasteiger partial charge in [0.25, 0.3) is 5.56 Å². The number of aryl methyl sites for hydroxylation is 2. The molecule has 0 amide bonds. The van der Waals surface area contributed by atoms with Gasteiger partial charge in [0.2, 0.25) is 0 Å². The van der Waals surface area contributed by atoms with E-state index in [0.29, 0.717) is 0 Å². The monoisotopic (exact) mass is 424 g/mol. The van der Waals surface area contributed by atoms with Gasteiger partial charge in [-0.05, 0) is 93.3 Å². The Hall–Kier alpha value is -2.11. The van der Waals surface area contributed by atoms with Crippen LogP contribution in [0.3, 0.4) is 0 Å². The summed E-state index contributed by atoms with van der Waals surface area (Å²) >= 11 is 1.58. The maximum Gasteiger partial charge on any atom is 0.268 e. The Balaban J connectivity index is 1.11. The van der Waals surface area contributed by atoms with Crippen molar-refractivity contribution in [3.63, 3.8) is 0 Å². The van der Waals surface area contributed by atoms with Crippen molar-refractivity contribution in [1.82, 2.24) is 9.27 Å². The van der Waals surface area contributed by atoms with Crippen molar-refractivity contribution in [2.45, 2.75) is 51.5 Å². The van der Waals surface area contributed by atoms with Crippen LogP contribution in [0.5, 0.6) is 5.75 Å². The molecule has 2 aromatic carbocycles. The van der Waals surface area contributed by atoms with Crippen molar-refractivity contribution in [2.24, 2.45) is 5.92 Å². The summed E-state index contributed by atoms with van der Waals surface area (Å²) in [6.45, 7) is 2.93. The highest BCUT2D eigenvalue weighted by molar-refractivity contribution is 7.13. The minimum absolute atomic E-state index is 0.161. The van der Waals surface area contributed by atoms with E-state index in [0.717, 1.165) is 60.7 Å². The third-order valence-corrected chi connectivity index (χ3v) is 7.37. The summed E-state index contributed by atoms with van der Waals surface area (Å²) in [5.74, 6) is 1.84. The Kier molecular flexibility index (Phi) is 7.24. The molecule has 1 atom stereocenters. The zero-order valence-electron chi connectivity index (χ0n) is 17.9. The van der Waals surface area contributed by atoms with E-state index in [-0.39, 0.29) is 5.56 Å². The first-order valence-corrected chi connectivity index (χ1v) is 12.0. The number of nitrogens with one attached hydrogen (secondary N) is 1. The van der Waals surface area contributed by atoms with E-state index < -0.39 is 0 Å². The lowest BCUT2D eigenvalue weighted by atomic mass is 9.81. The van der Waals surface area contributed by atoms with Gasteiger partial charge >= 0.3 is 0 Å². The number of rotatable bonds is 10. The largest absolute Gasteiger partial charge is 0.496 e. The maximum atomic E-state index is 12.4. The average Bonchev–Trinajstić information content (AvgIpc) is 3.10. The summed E-state index contributed by atoms with van der Waals surface area (Å²) in [4.78, 5) is 12.4. The van der Waals surface area contributed by atoms with Crippen LogP contribution in [0.1, 0.15) is 43.2 Å². The van der Waals surface area contributed by atoms with E-state index in [2.05, 4.69) is 23.5 Å². The summed E-state index contributed by atoms with van der Waals surface area (Å²) in [7, 11) is 1.78. The summed E-state index contributed by atoms with van der Waals surface area (Å²) in [6.07, 6.45) is 8.29. The van der Waals surface area contributed by atoms with E-state index in [1.165, 1.54) is 36.8 Å². The molecule has 1 aliphatic rings. The number of ether oxygens (including phenoxy) is 1. The molecule has 160 valence electrons. The van der Waals surface area contributed by atoms with Crippen LogP contribution in [0.15, 0.2) is 47.3 Å². The number of aromatic nitrogens is 1. The topological polar surface area (TPSA) is 43.3 Å². The van der Waals surface area contributed by atoms with Crippen LogP contribution in [0.2, 0.25) is 0 Å². The second kappa shape index (κ2) is 10.3. The van der Waals surface area contributed by atoms with E-state index >= 15 is 0 Å². The van der Waals surface area contributed by atoms with Crippen LogP contribution in [-0.4, -0.2) is 24.2 Å². The van der Waals surface area contributed by atoms with Gasteiger partial charge in [-0.1, -0.05) is 35.8 Å². The summed E-state index contributed by atoms with van der Waals surface area (Å²) in [5, 5.41) is 4.44. The Bertz CT molecular complexity index is 1010. The predicted octanol–water partition coefficient (Wildman–Crippen LogP) is 5.03. The van der Waals surface area contributed by atoms with Crippen LogP contribution in [0, 0.1) is 5.92 Å². The third-order valence-electron chi connectivity index (χ3n) is 6.25. The van der Waals surface area contributed by atoms with Crippen molar-refractivity contribution < 1.29 is 4.74 Å². The molecule has 5 heteroatoms. The zero-order valence-corrected chi connectivity index (χ0v) is 18.7. The lowest BCUT2D eigenvalue weighted by Crippen LogP contribution is -2.20. The fourth-order valence-electron chi connectivity index (χ4n) is 4.58. The van der Waals surface area contributed by atoms with Crippen molar-refractivity contribution in [2.75, 3.05) is 20.2 Å². The molecule has 4 rings (SSSR count). The SMILES string of the molecule is COc1cccc2c1CC(CCCNCCCCn1sc3ccccc3c1=O)CC2. The van der Waals surface area contributed by atoms with E-state index in [1.54, 1.807) is 18.6 Å². The van der Waals surface area contributed by atoms with Crippen LogP contribution < -0.4 is 15.6 Å². The minimum atomic E-state index is 0.161. The summed E-state index contributed by atoms with van der Waals surface area (Å²) < 4.78 is 8.55.